The van der Waals surface area contributed by atoms with Gasteiger partial charge < -0.3 is 29.4 Å². The minimum atomic E-state index is -0.262. The van der Waals surface area contributed by atoms with Gasteiger partial charge in [-0.15, -0.1) is 0 Å². The molecule has 1 unspecified atom stereocenters. The Morgan fingerprint density at radius 3 is 2.37 bits per heavy atom. The molecular formula is C28H29N3O4. The summed E-state index contributed by atoms with van der Waals surface area (Å²) in [6.07, 6.45) is 0.734. The Hall–Kier alpha value is -4.13. The van der Waals surface area contributed by atoms with Crippen molar-refractivity contribution < 1.29 is 19.0 Å². The molecule has 1 atom stereocenters. The summed E-state index contributed by atoms with van der Waals surface area (Å²) in [5.41, 5.74) is 6.09. The van der Waals surface area contributed by atoms with E-state index >= 15 is 0 Å². The monoisotopic (exact) mass is 471 g/mol. The SMILES string of the molecule is COc1ccc(NC(=O)N2CCc3c([nH]c4ccc(OC)cc34)C2c2ccc(C)cc2)c(OC)c1. The molecule has 0 saturated carbocycles. The van der Waals surface area contributed by atoms with Crippen molar-refractivity contribution in [2.45, 2.75) is 19.4 Å². The molecule has 7 nitrogen and oxygen atoms in total. The highest BCUT2D eigenvalue weighted by Gasteiger charge is 2.35. The van der Waals surface area contributed by atoms with Crippen LogP contribution in [0, 0.1) is 6.92 Å². The van der Waals surface area contributed by atoms with Gasteiger partial charge in [-0.3, -0.25) is 0 Å². The quantitative estimate of drug-likeness (QED) is 0.393. The first-order chi connectivity index (χ1) is 17.0. The van der Waals surface area contributed by atoms with E-state index in [4.69, 9.17) is 14.2 Å². The van der Waals surface area contributed by atoms with E-state index in [-0.39, 0.29) is 12.1 Å². The van der Waals surface area contributed by atoms with Crippen LogP contribution >= 0.6 is 0 Å². The van der Waals surface area contributed by atoms with Gasteiger partial charge in [-0.1, -0.05) is 29.8 Å². The van der Waals surface area contributed by atoms with E-state index in [9.17, 15) is 4.79 Å². The molecule has 4 aromatic rings. The Kier molecular flexibility index (Phi) is 5.99. The second-order valence-electron chi connectivity index (χ2n) is 8.68. The minimum absolute atomic E-state index is 0.194. The zero-order chi connectivity index (χ0) is 24.5. The molecule has 0 aliphatic carbocycles. The summed E-state index contributed by atoms with van der Waals surface area (Å²) in [6.45, 7) is 2.63. The highest BCUT2D eigenvalue weighted by molar-refractivity contribution is 5.93. The van der Waals surface area contributed by atoms with Gasteiger partial charge in [0.25, 0.3) is 0 Å². The van der Waals surface area contributed by atoms with E-state index in [0.29, 0.717) is 23.7 Å². The number of nitrogens with one attached hydrogen (secondary N) is 2. The van der Waals surface area contributed by atoms with Crippen LogP contribution in [0.4, 0.5) is 10.5 Å². The van der Waals surface area contributed by atoms with Crippen molar-refractivity contribution in [3.05, 3.63) is 83.0 Å². The number of aromatic amines is 1. The highest BCUT2D eigenvalue weighted by atomic mass is 16.5. The van der Waals surface area contributed by atoms with Crippen LogP contribution in [0.2, 0.25) is 0 Å². The number of anilines is 1. The lowest BCUT2D eigenvalue weighted by atomic mass is 9.92. The van der Waals surface area contributed by atoms with Crippen molar-refractivity contribution in [2.24, 2.45) is 0 Å². The number of carbonyl (C=O) groups excluding carboxylic acids is 1. The standard InChI is InChI=1S/C28H29N3O4/c1-17-5-7-18(8-6-17)27-26-21(22-15-19(33-2)9-11-23(22)29-26)13-14-31(27)28(32)30-24-12-10-20(34-3)16-25(24)35-4/h5-12,15-16,27,29H,13-14H2,1-4H3,(H,30,32). The maximum absolute atomic E-state index is 13.7. The van der Waals surface area contributed by atoms with Crippen molar-refractivity contribution >= 4 is 22.6 Å². The van der Waals surface area contributed by atoms with Crippen molar-refractivity contribution in [3.63, 3.8) is 0 Å². The van der Waals surface area contributed by atoms with Gasteiger partial charge >= 0.3 is 6.03 Å². The number of aryl methyl sites for hydroxylation is 1. The van der Waals surface area contributed by atoms with Crippen LogP contribution < -0.4 is 19.5 Å². The number of ether oxygens (including phenoxy) is 3. The number of nitrogens with zero attached hydrogens (tertiary/aromatic N) is 1. The second-order valence-corrected chi connectivity index (χ2v) is 8.68. The van der Waals surface area contributed by atoms with Crippen LogP contribution in [0.1, 0.15) is 28.4 Å². The third kappa shape index (κ3) is 4.14. The Morgan fingerprint density at radius 2 is 1.66 bits per heavy atom. The van der Waals surface area contributed by atoms with E-state index in [1.165, 1.54) is 11.1 Å². The number of amides is 2. The van der Waals surface area contributed by atoms with E-state index in [0.717, 1.165) is 34.3 Å². The number of aromatic nitrogens is 1. The van der Waals surface area contributed by atoms with Gasteiger partial charge in [0.05, 0.1) is 33.1 Å². The third-order valence-electron chi connectivity index (χ3n) is 6.64. The largest absolute Gasteiger partial charge is 0.497 e. The minimum Gasteiger partial charge on any atom is -0.497 e. The summed E-state index contributed by atoms with van der Waals surface area (Å²) < 4.78 is 16.2. The lowest BCUT2D eigenvalue weighted by molar-refractivity contribution is 0.193. The summed E-state index contributed by atoms with van der Waals surface area (Å²) in [4.78, 5) is 19.1. The molecule has 2 heterocycles. The summed E-state index contributed by atoms with van der Waals surface area (Å²) in [5.74, 6) is 2.02. The second kappa shape index (κ2) is 9.25. The fourth-order valence-electron chi connectivity index (χ4n) is 4.80. The lowest BCUT2D eigenvalue weighted by Crippen LogP contribution is -2.43. The summed E-state index contributed by atoms with van der Waals surface area (Å²) in [6, 6.07) is 19.3. The molecule has 1 aromatic heterocycles. The third-order valence-corrected chi connectivity index (χ3v) is 6.64. The van der Waals surface area contributed by atoms with Gasteiger partial charge in [-0.2, -0.15) is 0 Å². The maximum Gasteiger partial charge on any atom is 0.322 e. The Morgan fingerprint density at radius 1 is 0.943 bits per heavy atom. The normalized spacial score (nSPS) is 15.0. The van der Waals surface area contributed by atoms with Gasteiger partial charge in [0.15, 0.2) is 0 Å². The Balaban J connectivity index is 1.56. The number of hydrogen-bond donors (Lipinski definition) is 2. The topological polar surface area (TPSA) is 75.8 Å². The fourth-order valence-corrected chi connectivity index (χ4v) is 4.80. The predicted octanol–water partition coefficient (Wildman–Crippen LogP) is 5.68. The molecule has 2 amide bonds. The first-order valence-corrected chi connectivity index (χ1v) is 11.6. The van der Waals surface area contributed by atoms with Crippen molar-refractivity contribution in [1.29, 1.82) is 0 Å². The van der Waals surface area contributed by atoms with Gasteiger partial charge in [-0.25, -0.2) is 4.79 Å². The average molecular weight is 472 g/mol. The van der Waals surface area contributed by atoms with E-state index in [2.05, 4.69) is 47.6 Å². The number of benzene rings is 3. The van der Waals surface area contributed by atoms with Crippen LogP contribution in [0.3, 0.4) is 0 Å². The smallest absolute Gasteiger partial charge is 0.322 e. The highest BCUT2D eigenvalue weighted by Crippen LogP contribution is 2.40. The number of hydrogen-bond acceptors (Lipinski definition) is 4. The van der Waals surface area contributed by atoms with Crippen LogP contribution in [0.25, 0.3) is 10.9 Å². The summed E-state index contributed by atoms with van der Waals surface area (Å²) >= 11 is 0. The Labute approximate surface area is 204 Å². The summed E-state index contributed by atoms with van der Waals surface area (Å²) in [7, 11) is 4.85. The maximum atomic E-state index is 13.7. The van der Waals surface area contributed by atoms with Gasteiger partial charge in [0, 0.05) is 29.2 Å². The van der Waals surface area contributed by atoms with E-state index in [1.54, 1.807) is 39.5 Å². The first kappa shape index (κ1) is 22.7. The fraction of sp³-hybridized carbons (Fsp3) is 0.250. The molecule has 0 radical (unpaired) electrons. The van der Waals surface area contributed by atoms with Gasteiger partial charge in [0.1, 0.15) is 17.2 Å². The molecule has 1 aliphatic heterocycles. The van der Waals surface area contributed by atoms with Crippen molar-refractivity contribution in [1.82, 2.24) is 9.88 Å². The zero-order valence-corrected chi connectivity index (χ0v) is 20.3. The number of H-pyrrole nitrogens is 1. The zero-order valence-electron chi connectivity index (χ0n) is 20.3. The average Bonchev–Trinajstić information content (AvgIpc) is 3.26. The molecule has 0 fully saturated rings. The van der Waals surface area contributed by atoms with E-state index in [1.807, 2.05) is 17.0 Å². The Bertz CT molecular complexity index is 1380. The molecule has 180 valence electrons. The van der Waals surface area contributed by atoms with Crippen LogP contribution in [0.15, 0.2) is 60.7 Å². The van der Waals surface area contributed by atoms with Crippen LogP contribution in [-0.4, -0.2) is 43.8 Å². The molecule has 35 heavy (non-hydrogen) atoms. The molecule has 0 spiro atoms. The van der Waals surface area contributed by atoms with Crippen LogP contribution in [0.5, 0.6) is 17.2 Å². The molecule has 1 aliphatic rings. The first-order valence-electron chi connectivity index (χ1n) is 11.6. The molecule has 0 saturated heterocycles. The number of fused-ring (bicyclic) bond motifs is 3. The van der Waals surface area contributed by atoms with Crippen molar-refractivity contribution in [2.75, 3.05) is 33.2 Å². The molecular weight excluding hydrogens is 442 g/mol. The van der Waals surface area contributed by atoms with Crippen LogP contribution in [-0.2, 0) is 6.42 Å². The molecule has 2 N–H and O–H groups in total. The summed E-state index contributed by atoms with van der Waals surface area (Å²) in [5, 5.41) is 4.18. The lowest BCUT2D eigenvalue weighted by Gasteiger charge is -2.36. The van der Waals surface area contributed by atoms with Crippen molar-refractivity contribution in [3.8, 4) is 17.2 Å². The molecule has 3 aromatic carbocycles. The van der Waals surface area contributed by atoms with Gasteiger partial charge in [0.2, 0.25) is 0 Å². The number of rotatable bonds is 5. The molecule has 0 bridgehead atoms. The number of urea groups is 1. The molecule has 7 heteroatoms. The molecule has 5 rings (SSSR count). The number of carbonyl (C=O) groups is 1. The number of methoxy groups -OCH3 is 3. The van der Waals surface area contributed by atoms with Gasteiger partial charge in [-0.05, 0) is 54.8 Å². The van der Waals surface area contributed by atoms with E-state index < -0.39 is 0 Å². The predicted molar refractivity (Wildman–Crippen MR) is 137 cm³/mol.